The van der Waals surface area contributed by atoms with Crippen molar-refractivity contribution in [2.45, 2.75) is 51.4 Å². The topological polar surface area (TPSA) is 22.0 Å². The second kappa shape index (κ2) is 6.52. The van der Waals surface area contributed by atoms with Crippen LogP contribution in [0.1, 0.15) is 60.0 Å². The van der Waals surface area contributed by atoms with E-state index in [4.69, 9.17) is 11.6 Å². The van der Waals surface area contributed by atoms with Crippen LogP contribution in [0.3, 0.4) is 0 Å². The van der Waals surface area contributed by atoms with E-state index in [0.29, 0.717) is 11.8 Å². The lowest BCUT2D eigenvalue weighted by Gasteiger charge is -2.30. The zero-order valence-electron chi connectivity index (χ0n) is 14.1. The number of hydrogen-bond acceptors (Lipinski definition) is 1. The van der Waals surface area contributed by atoms with E-state index in [-0.39, 0.29) is 5.43 Å². The van der Waals surface area contributed by atoms with Gasteiger partial charge in [0.15, 0.2) is 5.43 Å². The number of nitrogens with zero attached hydrogens (tertiary/aromatic N) is 1. The number of aryl methyl sites for hydroxylation is 1. The maximum Gasteiger partial charge on any atom is 0.185 e. The van der Waals surface area contributed by atoms with Crippen LogP contribution in [-0.2, 0) is 7.05 Å². The predicted octanol–water partition coefficient (Wildman–Crippen LogP) is 5.10. The Hall–Kier alpha value is -1.54. The van der Waals surface area contributed by atoms with Crippen LogP contribution in [0.25, 0.3) is 0 Å². The van der Waals surface area contributed by atoms with Crippen LogP contribution in [0.2, 0.25) is 5.02 Å². The van der Waals surface area contributed by atoms with Crippen LogP contribution < -0.4 is 5.43 Å². The van der Waals surface area contributed by atoms with E-state index >= 15 is 0 Å². The summed E-state index contributed by atoms with van der Waals surface area (Å²) < 4.78 is 2.14. The number of rotatable bonds is 2. The minimum absolute atomic E-state index is 0.216. The number of pyridine rings is 1. The zero-order valence-corrected chi connectivity index (χ0v) is 14.9. The lowest BCUT2D eigenvalue weighted by atomic mass is 9.75. The fourth-order valence-corrected chi connectivity index (χ4v) is 4.06. The molecule has 1 aromatic heterocycles. The Labute approximate surface area is 143 Å². The summed E-state index contributed by atoms with van der Waals surface area (Å²) in [6, 6.07) is 10.0. The normalized spacial score (nSPS) is 21.4. The molecule has 1 aliphatic carbocycles. The van der Waals surface area contributed by atoms with Crippen molar-refractivity contribution in [1.82, 2.24) is 4.57 Å². The van der Waals surface area contributed by atoms with Gasteiger partial charge in [-0.25, -0.2) is 0 Å². The van der Waals surface area contributed by atoms with Gasteiger partial charge in [-0.05, 0) is 69.1 Å². The lowest BCUT2D eigenvalue weighted by Crippen LogP contribution is -2.23. The quantitative estimate of drug-likeness (QED) is 0.751. The number of halogens is 1. The second-order valence-electron chi connectivity index (χ2n) is 6.81. The first-order valence-electron chi connectivity index (χ1n) is 8.40. The molecular weight excluding hydrogens is 306 g/mol. The van der Waals surface area contributed by atoms with E-state index in [2.05, 4.69) is 23.6 Å². The van der Waals surface area contributed by atoms with E-state index in [1.54, 1.807) is 6.07 Å². The Bertz CT molecular complexity index is 752. The SMILES string of the molecule is Cc1cc(=O)c(C2CCC(c3ccc(Cl)cc3)CC2)c(C)n1C. The molecule has 2 aromatic rings. The number of benzene rings is 1. The molecule has 0 amide bonds. The van der Waals surface area contributed by atoms with Gasteiger partial charge in [-0.2, -0.15) is 0 Å². The van der Waals surface area contributed by atoms with Gasteiger partial charge in [-0.15, -0.1) is 0 Å². The third kappa shape index (κ3) is 3.23. The van der Waals surface area contributed by atoms with E-state index in [1.165, 1.54) is 5.56 Å². The maximum atomic E-state index is 12.5. The van der Waals surface area contributed by atoms with Crippen LogP contribution in [0.4, 0.5) is 0 Å². The molecule has 0 saturated heterocycles. The first-order valence-corrected chi connectivity index (χ1v) is 8.77. The monoisotopic (exact) mass is 329 g/mol. The minimum Gasteiger partial charge on any atom is -0.352 e. The van der Waals surface area contributed by atoms with Gasteiger partial charge in [0, 0.05) is 35.1 Å². The largest absolute Gasteiger partial charge is 0.352 e. The molecule has 0 radical (unpaired) electrons. The summed E-state index contributed by atoms with van der Waals surface area (Å²) in [4.78, 5) is 12.5. The van der Waals surface area contributed by atoms with Crippen molar-refractivity contribution in [2.24, 2.45) is 7.05 Å². The van der Waals surface area contributed by atoms with Gasteiger partial charge in [0.2, 0.25) is 0 Å². The first-order chi connectivity index (χ1) is 11.0. The summed E-state index contributed by atoms with van der Waals surface area (Å²) in [6.45, 7) is 4.07. The molecule has 122 valence electrons. The van der Waals surface area contributed by atoms with Crippen molar-refractivity contribution in [2.75, 3.05) is 0 Å². The van der Waals surface area contributed by atoms with Crippen LogP contribution in [0.15, 0.2) is 35.1 Å². The third-order valence-electron chi connectivity index (χ3n) is 5.50. The molecule has 0 aliphatic heterocycles. The molecule has 3 heteroatoms. The van der Waals surface area contributed by atoms with Crippen LogP contribution in [0, 0.1) is 13.8 Å². The Morgan fingerprint density at radius 2 is 1.57 bits per heavy atom. The van der Waals surface area contributed by atoms with E-state index in [9.17, 15) is 4.79 Å². The van der Waals surface area contributed by atoms with Crippen molar-refractivity contribution in [3.05, 3.63) is 68.1 Å². The maximum absolute atomic E-state index is 12.5. The predicted molar refractivity (Wildman–Crippen MR) is 96.6 cm³/mol. The minimum atomic E-state index is 0.216. The summed E-state index contributed by atoms with van der Waals surface area (Å²) in [7, 11) is 2.05. The highest BCUT2D eigenvalue weighted by molar-refractivity contribution is 6.30. The van der Waals surface area contributed by atoms with Crippen LogP contribution in [-0.4, -0.2) is 4.57 Å². The second-order valence-corrected chi connectivity index (χ2v) is 7.24. The fraction of sp³-hybridized carbons (Fsp3) is 0.450. The van der Waals surface area contributed by atoms with Crippen LogP contribution >= 0.6 is 11.6 Å². The van der Waals surface area contributed by atoms with Gasteiger partial charge in [-0.3, -0.25) is 4.79 Å². The molecule has 2 nitrogen and oxygen atoms in total. The third-order valence-corrected chi connectivity index (χ3v) is 5.76. The highest BCUT2D eigenvalue weighted by Gasteiger charge is 2.26. The smallest absolute Gasteiger partial charge is 0.185 e. The van der Waals surface area contributed by atoms with Crippen molar-refractivity contribution in [3.63, 3.8) is 0 Å². The van der Waals surface area contributed by atoms with Gasteiger partial charge in [0.05, 0.1) is 0 Å². The molecule has 1 aromatic carbocycles. The Morgan fingerprint density at radius 3 is 2.17 bits per heavy atom. The Morgan fingerprint density at radius 1 is 1.00 bits per heavy atom. The molecule has 0 N–H and O–H groups in total. The van der Waals surface area contributed by atoms with Crippen molar-refractivity contribution >= 4 is 11.6 Å². The van der Waals surface area contributed by atoms with Crippen LogP contribution in [0.5, 0.6) is 0 Å². The highest BCUT2D eigenvalue weighted by atomic mass is 35.5. The van der Waals surface area contributed by atoms with E-state index in [1.807, 2.05) is 26.1 Å². The van der Waals surface area contributed by atoms with Crippen molar-refractivity contribution in [1.29, 1.82) is 0 Å². The summed E-state index contributed by atoms with van der Waals surface area (Å²) in [6.07, 6.45) is 4.46. The molecule has 1 aliphatic rings. The van der Waals surface area contributed by atoms with Gasteiger partial charge in [0.25, 0.3) is 0 Å². The fourth-order valence-electron chi connectivity index (χ4n) is 3.93. The standard InChI is InChI=1S/C20H24ClNO/c1-13-12-19(23)20(14(2)22(13)3)17-6-4-15(5-7-17)16-8-10-18(21)11-9-16/h8-12,15,17H,4-7H2,1-3H3. The van der Waals surface area contributed by atoms with Gasteiger partial charge >= 0.3 is 0 Å². The van der Waals surface area contributed by atoms with E-state index in [0.717, 1.165) is 47.7 Å². The Balaban J connectivity index is 1.78. The summed E-state index contributed by atoms with van der Waals surface area (Å²) in [5.74, 6) is 0.996. The summed E-state index contributed by atoms with van der Waals surface area (Å²) >= 11 is 5.98. The molecule has 0 bridgehead atoms. The molecule has 1 heterocycles. The molecule has 1 saturated carbocycles. The zero-order chi connectivity index (χ0) is 16.6. The van der Waals surface area contributed by atoms with Gasteiger partial charge in [-0.1, -0.05) is 23.7 Å². The number of hydrogen-bond donors (Lipinski definition) is 0. The molecule has 0 atom stereocenters. The number of aromatic nitrogens is 1. The Kier molecular flexibility index (Phi) is 4.63. The molecule has 0 spiro atoms. The lowest BCUT2D eigenvalue weighted by molar-refractivity contribution is 0.392. The average Bonchev–Trinajstić information content (AvgIpc) is 2.54. The molecule has 0 unspecified atom stereocenters. The van der Waals surface area contributed by atoms with E-state index < -0.39 is 0 Å². The van der Waals surface area contributed by atoms with Gasteiger partial charge < -0.3 is 4.57 Å². The van der Waals surface area contributed by atoms with Gasteiger partial charge in [0.1, 0.15) is 0 Å². The molecular formula is C20H24ClNO. The van der Waals surface area contributed by atoms with Crippen molar-refractivity contribution in [3.8, 4) is 0 Å². The molecule has 1 fully saturated rings. The van der Waals surface area contributed by atoms with Crippen molar-refractivity contribution < 1.29 is 0 Å². The average molecular weight is 330 g/mol. The highest BCUT2D eigenvalue weighted by Crippen LogP contribution is 2.40. The first kappa shape index (κ1) is 16.3. The molecule has 23 heavy (non-hydrogen) atoms. The molecule has 3 rings (SSSR count). The summed E-state index contributed by atoms with van der Waals surface area (Å²) in [5.41, 5.74) is 4.79. The summed E-state index contributed by atoms with van der Waals surface area (Å²) in [5, 5.41) is 0.793.